The van der Waals surface area contributed by atoms with E-state index in [2.05, 4.69) is 43.2 Å². The van der Waals surface area contributed by atoms with Gasteiger partial charge in [0.2, 0.25) is 0 Å². The summed E-state index contributed by atoms with van der Waals surface area (Å²) in [6.45, 7) is 4.35. The second-order valence-electron chi connectivity index (χ2n) is 5.88. The number of aromatic nitrogens is 1. The molecule has 1 heterocycles. The SMILES string of the molecule is Cc1ccc2[nH]cc(C3(C)CCCC(=O)C3)c2c1. The Morgan fingerprint density at radius 2 is 2.17 bits per heavy atom. The molecule has 1 aromatic carbocycles. The molecule has 2 heteroatoms. The van der Waals surface area contributed by atoms with Crippen molar-refractivity contribution in [2.75, 3.05) is 0 Å². The van der Waals surface area contributed by atoms with Crippen LogP contribution in [0.3, 0.4) is 0 Å². The second kappa shape index (κ2) is 3.98. The van der Waals surface area contributed by atoms with E-state index < -0.39 is 0 Å². The van der Waals surface area contributed by atoms with Gasteiger partial charge >= 0.3 is 0 Å². The largest absolute Gasteiger partial charge is 0.361 e. The number of aryl methyl sites for hydroxylation is 1. The number of nitrogens with one attached hydrogen (secondary N) is 1. The lowest BCUT2D eigenvalue weighted by molar-refractivity contribution is -0.121. The number of carbonyl (C=O) groups is 1. The number of rotatable bonds is 1. The second-order valence-corrected chi connectivity index (χ2v) is 5.88. The molecule has 1 aliphatic rings. The van der Waals surface area contributed by atoms with Gasteiger partial charge in [-0.3, -0.25) is 4.79 Å². The maximum Gasteiger partial charge on any atom is 0.133 e. The molecule has 2 nitrogen and oxygen atoms in total. The van der Waals surface area contributed by atoms with Crippen LogP contribution in [0.25, 0.3) is 10.9 Å². The fourth-order valence-electron chi connectivity index (χ4n) is 3.25. The summed E-state index contributed by atoms with van der Waals surface area (Å²) in [4.78, 5) is 15.1. The molecule has 2 aromatic rings. The summed E-state index contributed by atoms with van der Waals surface area (Å²) >= 11 is 0. The Balaban J connectivity index is 2.13. The number of Topliss-reactive ketones (excluding diaryl/α,β-unsaturated/α-hetero) is 1. The summed E-state index contributed by atoms with van der Waals surface area (Å²) in [5.74, 6) is 0.408. The van der Waals surface area contributed by atoms with Crippen molar-refractivity contribution in [1.29, 1.82) is 0 Å². The van der Waals surface area contributed by atoms with Gasteiger partial charge in [-0.2, -0.15) is 0 Å². The summed E-state index contributed by atoms with van der Waals surface area (Å²) in [6, 6.07) is 6.48. The first kappa shape index (κ1) is 11.5. The lowest BCUT2D eigenvalue weighted by Crippen LogP contribution is -2.29. The smallest absolute Gasteiger partial charge is 0.133 e. The van der Waals surface area contributed by atoms with E-state index in [1.54, 1.807) is 0 Å². The molecule has 0 aliphatic heterocycles. The zero-order valence-corrected chi connectivity index (χ0v) is 11.0. The average molecular weight is 241 g/mol. The Hall–Kier alpha value is -1.57. The quantitative estimate of drug-likeness (QED) is 0.807. The molecule has 0 radical (unpaired) electrons. The zero-order chi connectivity index (χ0) is 12.8. The first-order valence-electron chi connectivity index (χ1n) is 6.68. The highest BCUT2D eigenvalue weighted by atomic mass is 16.1. The van der Waals surface area contributed by atoms with Crippen LogP contribution in [0.1, 0.15) is 43.7 Å². The van der Waals surface area contributed by atoms with E-state index >= 15 is 0 Å². The molecular formula is C16H19NO. The number of hydrogen-bond acceptors (Lipinski definition) is 1. The van der Waals surface area contributed by atoms with Crippen molar-refractivity contribution >= 4 is 16.7 Å². The minimum Gasteiger partial charge on any atom is -0.361 e. The summed E-state index contributed by atoms with van der Waals surface area (Å²) in [7, 11) is 0. The number of ketones is 1. The van der Waals surface area contributed by atoms with Crippen LogP contribution in [0.4, 0.5) is 0 Å². The van der Waals surface area contributed by atoms with Gasteiger partial charge in [0.25, 0.3) is 0 Å². The Kier molecular flexibility index (Phi) is 2.54. The summed E-state index contributed by atoms with van der Waals surface area (Å²) in [6.07, 6.45) is 5.68. The molecule has 3 rings (SSSR count). The highest BCUT2D eigenvalue weighted by Crippen LogP contribution is 2.40. The zero-order valence-electron chi connectivity index (χ0n) is 11.0. The third-order valence-electron chi connectivity index (χ3n) is 4.26. The van der Waals surface area contributed by atoms with E-state index in [0.717, 1.165) is 19.3 Å². The van der Waals surface area contributed by atoms with Crippen molar-refractivity contribution in [3.8, 4) is 0 Å². The molecule has 0 bridgehead atoms. The first-order chi connectivity index (χ1) is 8.58. The highest BCUT2D eigenvalue weighted by molar-refractivity contribution is 5.87. The molecule has 1 fully saturated rings. The van der Waals surface area contributed by atoms with Crippen molar-refractivity contribution in [3.63, 3.8) is 0 Å². The summed E-state index contributed by atoms with van der Waals surface area (Å²) in [5.41, 5.74) is 3.78. The van der Waals surface area contributed by atoms with Gasteiger partial charge < -0.3 is 4.98 Å². The van der Waals surface area contributed by atoms with E-state index in [-0.39, 0.29) is 5.41 Å². The number of benzene rings is 1. The molecule has 94 valence electrons. The average Bonchev–Trinajstić information content (AvgIpc) is 2.72. The topological polar surface area (TPSA) is 32.9 Å². The molecule has 1 saturated carbocycles. The number of aromatic amines is 1. The predicted octanol–water partition coefficient (Wildman–Crippen LogP) is 3.88. The Morgan fingerprint density at radius 3 is 2.94 bits per heavy atom. The number of hydrogen-bond donors (Lipinski definition) is 1. The minimum absolute atomic E-state index is 0.0153. The Labute approximate surface area is 107 Å². The Bertz CT molecular complexity index is 611. The molecule has 1 atom stereocenters. The van der Waals surface area contributed by atoms with Crippen molar-refractivity contribution in [1.82, 2.24) is 4.98 Å². The fourth-order valence-corrected chi connectivity index (χ4v) is 3.25. The molecule has 1 aliphatic carbocycles. The molecule has 0 amide bonds. The Morgan fingerprint density at radius 1 is 1.33 bits per heavy atom. The lowest BCUT2D eigenvalue weighted by atomic mass is 9.70. The normalized spacial score (nSPS) is 24.7. The van der Waals surface area contributed by atoms with Crippen LogP contribution in [0, 0.1) is 6.92 Å². The standard InChI is InChI=1S/C16H19NO/c1-11-5-6-15-13(8-11)14(10-17-15)16(2)7-3-4-12(18)9-16/h5-6,8,10,17H,3-4,7,9H2,1-2H3. The number of carbonyl (C=O) groups excluding carboxylic acids is 1. The van der Waals surface area contributed by atoms with Gasteiger partial charge in [-0.05, 0) is 37.5 Å². The van der Waals surface area contributed by atoms with Crippen LogP contribution < -0.4 is 0 Å². The molecule has 0 spiro atoms. The van der Waals surface area contributed by atoms with Crippen molar-refractivity contribution in [3.05, 3.63) is 35.5 Å². The van der Waals surface area contributed by atoms with Crippen LogP contribution >= 0.6 is 0 Å². The van der Waals surface area contributed by atoms with Crippen LogP contribution in [0.5, 0.6) is 0 Å². The van der Waals surface area contributed by atoms with Crippen LogP contribution in [0.15, 0.2) is 24.4 Å². The van der Waals surface area contributed by atoms with Crippen molar-refractivity contribution in [2.45, 2.75) is 44.9 Å². The first-order valence-corrected chi connectivity index (χ1v) is 6.68. The van der Waals surface area contributed by atoms with Crippen molar-refractivity contribution in [2.24, 2.45) is 0 Å². The van der Waals surface area contributed by atoms with Gasteiger partial charge in [0, 0.05) is 35.4 Å². The molecule has 18 heavy (non-hydrogen) atoms. The molecule has 0 saturated heterocycles. The van der Waals surface area contributed by atoms with Gasteiger partial charge in [0.15, 0.2) is 0 Å². The van der Waals surface area contributed by atoms with Gasteiger partial charge in [-0.15, -0.1) is 0 Å². The maximum atomic E-state index is 11.8. The number of H-pyrrole nitrogens is 1. The molecule has 1 unspecified atom stereocenters. The third-order valence-corrected chi connectivity index (χ3v) is 4.26. The van der Waals surface area contributed by atoms with E-state index in [1.165, 1.54) is 22.0 Å². The maximum absolute atomic E-state index is 11.8. The number of fused-ring (bicyclic) bond motifs is 1. The highest BCUT2D eigenvalue weighted by Gasteiger charge is 2.34. The molecule has 1 aromatic heterocycles. The van der Waals surface area contributed by atoms with Crippen molar-refractivity contribution < 1.29 is 4.79 Å². The third kappa shape index (κ3) is 1.76. The van der Waals surface area contributed by atoms with Crippen LogP contribution in [-0.2, 0) is 10.2 Å². The monoisotopic (exact) mass is 241 g/mol. The van der Waals surface area contributed by atoms with Gasteiger partial charge in [0.1, 0.15) is 5.78 Å². The van der Waals surface area contributed by atoms with Gasteiger partial charge in [-0.1, -0.05) is 18.6 Å². The summed E-state index contributed by atoms with van der Waals surface area (Å²) < 4.78 is 0. The van der Waals surface area contributed by atoms with E-state index in [0.29, 0.717) is 12.2 Å². The molecule has 1 N–H and O–H groups in total. The van der Waals surface area contributed by atoms with Crippen LogP contribution in [-0.4, -0.2) is 10.8 Å². The lowest BCUT2D eigenvalue weighted by Gasteiger charge is -2.32. The van der Waals surface area contributed by atoms with Gasteiger partial charge in [0.05, 0.1) is 0 Å². The summed E-state index contributed by atoms with van der Waals surface area (Å²) in [5, 5.41) is 1.28. The van der Waals surface area contributed by atoms with E-state index in [1.807, 2.05) is 0 Å². The predicted molar refractivity (Wildman–Crippen MR) is 73.9 cm³/mol. The van der Waals surface area contributed by atoms with E-state index in [9.17, 15) is 4.79 Å². The minimum atomic E-state index is 0.0153. The van der Waals surface area contributed by atoms with Crippen LogP contribution in [0.2, 0.25) is 0 Å². The van der Waals surface area contributed by atoms with E-state index in [4.69, 9.17) is 0 Å². The van der Waals surface area contributed by atoms with Gasteiger partial charge in [-0.25, -0.2) is 0 Å². The molecular weight excluding hydrogens is 222 g/mol. The fraction of sp³-hybridized carbons (Fsp3) is 0.438.